The molecule has 0 atom stereocenters. The zero-order valence-corrected chi connectivity index (χ0v) is 12.4. The Kier molecular flexibility index (Phi) is 6.41. The summed E-state index contributed by atoms with van der Waals surface area (Å²) in [4.78, 5) is 18.5. The van der Waals surface area contributed by atoms with Crippen molar-refractivity contribution in [3.05, 3.63) is 23.5 Å². The number of nitrogens with one attached hydrogen (secondary N) is 1. The summed E-state index contributed by atoms with van der Waals surface area (Å²) in [5.41, 5.74) is 4.30. The molecule has 0 aliphatic heterocycles. The summed E-state index contributed by atoms with van der Waals surface area (Å²) >= 11 is 0. The van der Waals surface area contributed by atoms with Crippen molar-refractivity contribution in [1.29, 1.82) is 0 Å². The van der Waals surface area contributed by atoms with Crippen LogP contribution in [-0.4, -0.2) is 40.1 Å². The Morgan fingerprint density at radius 3 is 2.65 bits per heavy atom. The van der Waals surface area contributed by atoms with Gasteiger partial charge in [0.05, 0.1) is 17.9 Å². The molecule has 0 bridgehead atoms. The number of hydrogen-bond acceptors (Lipinski definition) is 5. The second-order valence-corrected chi connectivity index (χ2v) is 4.71. The molecular weight excluding hydrogens is 256 g/mol. The first-order valence-corrected chi connectivity index (χ1v) is 6.94. The van der Waals surface area contributed by atoms with Gasteiger partial charge >= 0.3 is 0 Å². The van der Waals surface area contributed by atoms with E-state index >= 15 is 0 Å². The number of aliphatic hydroxyl groups is 1. The van der Waals surface area contributed by atoms with Crippen LogP contribution in [-0.2, 0) is 0 Å². The Bertz CT molecular complexity index is 447. The average Bonchev–Trinajstić information content (AvgIpc) is 2.46. The van der Waals surface area contributed by atoms with Crippen LogP contribution in [0.2, 0.25) is 0 Å². The topological polar surface area (TPSA) is 91.5 Å². The molecule has 1 aromatic heterocycles. The van der Waals surface area contributed by atoms with Crippen molar-refractivity contribution in [3.8, 4) is 0 Å². The molecule has 0 spiro atoms. The number of carbonyl (C=O) groups excluding carboxylic acids is 1. The van der Waals surface area contributed by atoms with Gasteiger partial charge in [0.1, 0.15) is 0 Å². The van der Waals surface area contributed by atoms with Crippen molar-refractivity contribution in [3.63, 3.8) is 0 Å². The van der Waals surface area contributed by atoms with Gasteiger partial charge in [0, 0.05) is 24.5 Å². The fourth-order valence-corrected chi connectivity index (χ4v) is 2.29. The number of anilines is 1. The number of carbonyl (C=O) groups is 1. The highest BCUT2D eigenvalue weighted by Crippen LogP contribution is 2.19. The van der Waals surface area contributed by atoms with E-state index in [1.807, 2.05) is 20.8 Å². The van der Waals surface area contributed by atoms with Gasteiger partial charge in [0.25, 0.3) is 5.91 Å². The van der Waals surface area contributed by atoms with E-state index in [9.17, 15) is 9.90 Å². The van der Waals surface area contributed by atoms with E-state index < -0.39 is 0 Å². The Balaban J connectivity index is 3.11. The molecule has 0 aromatic carbocycles. The quantitative estimate of drug-likeness (QED) is 0.517. The molecule has 4 N–H and O–H groups in total. The third-order valence-corrected chi connectivity index (χ3v) is 3.41. The van der Waals surface area contributed by atoms with Gasteiger partial charge in [-0.15, -0.1) is 0 Å². The number of aryl methyl sites for hydroxylation is 1. The maximum atomic E-state index is 12.7. The Hall–Kier alpha value is -1.66. The van der Waals surface area contributed by atoms with E-state index in [0.717, 1.165) is 18.5 Å². The summed E-state index contributed by atoms with van der Waals surface area (Å²) in [7, 11) is 0. The molecule has 112 valence electrons. The molecule has 0 saturated heterocycles. The van der Waals surface area contributed by atoms with Crippen LogP contribution in [0, 0.1) is 6.92 Å². The monoisotopic (exact) mass is 280 g/mol. The van der Waals surface area contributed by atoms with Crippen LogP contribution in [0.4, 0.5) is 5.69 Å². The number of amides is 1. The van der Waals surface area contributed by atoms with Crippen LogP contribution >= 0.6 is 0 Å². The number of aromatic nitrogens is 1. The number of aliphatic hydroxyl groups excluding tert-OH is 1. The molecule has 0 fully saturated rings. The lowest BCUT2D eigenvalue weighted by atomic mass is 10.1. The molecule has 20 heavy (non-hydrogen) atoms. The Morgan fingerprint density at radius 1 is 1.50 bits per heavy atom. The third kappa shape index (κ3) is 3.68. The van der Waals surface area contributed by atoms with Gasteiger partial charge < -0.3 is 15.4 Å². The molecule has 0 unspecified atom stereocenters. The van der Waals surface area contributed by atoms with E-state index in [-0.39, 0.29) is 18.6 Å². The van der Waals surface area contributed by atoms with Gasteiger partial charge in [0.15, 0.2) is 0 Å². The summed E-state index contributed by atoms with van der Waals surface area (Å²) in [6.45, 7) is 6.14. The van der Waals surface area contributed by atoms with Crippen LogP contribution in [0.15, 0.2) is 12.3 Å². The predicted octanol–water partition coefficient (Wildman–Crippen LogP) is 1.30. The highest BCUT2D eigenvalue weighted by molar-refractivity contribution is 5.99. The molecule has 1 heterocycles. The first-order chi connectivity index (χ1) is 9.58. The Labute approximate surface area is 120 Å². The third-order valence-electron chi connectivity index (χ3n) is 3.41. The van der Waals surface area contributed by atoms with Crippen molar-refractivity contribution in [2.75, 3.05) is 18.6 Å². The number of nitrogens with zero attached hydrogens (tertiary/aromatic N) is 2. The summed E-state index contributed by atoms with van der Waals surface area (Å²) in [6, 6.07) is 1.83. The Morgan fingerprint density at radius 2 is 2.15 bits per heavy atom. The standard InChI is InChI=1S/C14H24N4O2/c1-4-11(5-2)18(6-7-19)14(20)12-9-16-10(3)8-13(12)17-15/h8-9,11,19H,4-7,15H2,1-3H3,(H,16,17). The first kappa shape index (κ1) is 16.4. The van der Waals surface area contributed by atoms with E-state index in [0.29, 0.717) is 17.8 Å². The molecule has 6 nitrogen and oxygen atoms in total. The molecular formula is C14H24N4O2. The first-order valence-electron chi connectivity index (χ1n) is 6.94. The lowest BCUT2D eigenvalue weighted by Gasteiger charge is -2.30. The van der Waals surface area contributed by atoms with Gasteiger partial charge in [0.2, 0.25) is 0 Å². The number of nitrogen functional groups attached to an aromatic ring is 1. The summed E-state index contributed by atoms with van der Waals surface area (Å²) in [6.07, 6.45) is 3.21. The maximum Gasteiger partial charge on any atom is 0.257 e. The van der Waals surface area contributed by atoms with Crippen molar-refractivity contribution >= 4 is 11.6 Å². The van der Waals surface area contributed by atoms with Crippen molar-refractivity contribution in [2.24, 2.45) is 5.84 Å². The predicted molar refractivity (Wildman–Crippen MR) is 79.3 cm³/mol. The molecule has 0 radical (unpaired) electrons. The van der Waals surface area contributed by atoms with E-state index in [4.69, 9.17) is 5.84 Å². The number of nitrogens with two attached hydrogens (primary N) is 1. The zero-order chi connectivity index (χ0) is 15.1. The molecule has 0 aliphatic carbocycles. The molecule has 0 aliphatic rings. The molecule has 1 amide bonds. The minimum absolute atomic E-state index is 0.0626. The SMILES string of the molecule is CCC(CC)N(CCO)C(=O)c1cnc(C)cc1NN. The highest BCUT2D eigenvalue weighted by Gasteiger charge is 2.24. The van der Waals surface area contributed by atoms with E-state index in [1.54, 1.807) is 11.0 Å². The average molecular weight is 280 g/mol. The van der Waals surface area contributed by atoms with E-state index in [2.05, 4.69) is 10.4 Å². The highest BCUT2D eigenvalue weighted by atomic mass is 16.3. The fourth-order valence-electron chi connectivity index (χ4n) is 2.29. The summed E-state index contributed by atoms with van der Waals surface area (Å²) in [5, 5.41) is 9.19. The second kappa shape index (κ2) is 7.81. The number of hydrogen-bond donors (Lipinski definition) is 3. The van der Waals surface area contributed by atoms with Crippen molar-refractivity contribution in [1.82, 2.24) is 9.88 Å². The number of rotatable bonds is 7. The lowest BCUT2D eigenvalue weighted by molar-refractivity contribution is 0.0623. The van der Waals surface area contributed by atoms with Crippen LogP contribution in [0.25, 0.3) is 0 Å². The summed E-state index contributed by atoms with van der Waals surface area (Å²) < 4.78 is 0. The van der Waals surface area contributed by atoms with Gasteiger partial charge in [-0.25, -0.2) is 0 Å². The minimum Gasteiger partial charge on any atom is -0.395 e. The summed E-state index contributed by atoms with van der Waals surface area (Å²) in [5.74, 6) is 5.32. The number of hydrazine groups is 1. The fraction of sp³-hybridized carbons (Fsp3) is 0.571. The number of pyridine rings is 1. The molecule has 6 heteroatoms. The van der Waals surface area contributed by atoms with Gasteiger partial charge in [-0.2, -0.15) is 0 Å². The van der Waals surface area contributed by atoms with Crippen molar-refractivity contribution in [2.45, 2.75) is 39.7 Å². The molecule has 1 rings (SSSR count). The van der Waals surface area contributed by atoms with Crippen LogP contribution in [0.1, 0.15) is 42.7 Å². The van der Waals surface area contributed by atoms with Crippen LogP contribution in [0.5, 0.6) is 0 Å². The van der Waals surface area contributed by atoms with Gasteiger partial charge in [-0.3, -0.25) is 15.6 Å². The van der Waals surface area contributed by atoms with Gasteiger partial charge in [-0.1, -0.05) is 13.8 Å². The normalized spacial score (nSPS) is 10.7. The minimum atomic E-state index is -0.159. The maximum absolute atomic E-state index is 12.7. The van der Waals surface area contributed by atoms with Crippen LogP contribution < -0.4 is 11.3 Å². The van der Waals surface area contributed by atoms with E-state index in [1.165, 1.54) is 6.20 Å². The molecule has 1 aromatic rings. The lowest BCUT2D eigenvalue weighted by Crippen LogP contribution is -2.42. The van der Waals surface area contributed by atoms with Gasteiger partial charge in [-0.05, 0) is 25.8 Å². The van der Waals surface area contributed by atoms with Crippen molar-refractivity contribution < 1.29 is 9.90 Å². The second-order valence-electron chi connectivity index (χ2n) is 4.71. The largest absolute Gasteiger partial charge is 0.395 e. The van der Waals surface area contributed by atoms with Crippen LogP contribution in [0.3, 0.4) is 0 Å². The zero-order valence-electron chi connectivity index (χ0n) is 12.4. The smallest absolute Gasteiger partial charge is 0.257 e. The molecule has 0 saturated carbocycles.